The van der Waals surface area contributed by atoms with E-state index in [1.165, 1.54) is 12.1 Å². The Balaban J connectivity index is 2.20. The van der Waals surface area contributed by atoms with Crippen molar-refractivity contribution < 1.29 is 14.6 Å². The zero-order chi connectivity index (χ0) is 19.6. The molecule has 1 heterocycles. The maximum atomic E-state index is 12.8. The van der Waals surface area contributed by atoms with Crippen molar-refractivity contribution in [2.75, 3.05) is 6.61 Å². The molecule has 1 N–H and O–H groups in total. The number of carbonyl (C=O) groups excluding carboxylic acids is 1. The largest absolute Gasteiger partial charge is 0.506 e. The van der Waals surface area contributed by atoms with Crippen LogP contribution in [0.5, 0.6) is 5.75 Å². The van der Waals surface area contributed by atoms with Gasteiger partial charge in [0.25, 0.3) is 5.56 Å². The number of carbonyl (C=O) groups is 1. The molecule has 0 aliphatic carbocycles. The van der Waals surface area contributed by atoms with Crippen LogP contribution in [-0.2, 0) is 4.74 Å². The average Bonchev–Trinajstić information content (AvgIpc) is 2.64. The minimum absolute atomic E-state index is 0.0264. The first kappa shape index (κ1) is 18.9. The third kappa shape index (κ3) is 3.79. The molecule has 3 rings (SSSR count). The van der Waals surface area contributed by atoms with Gasteiger partial charge in [-0.05, 0) is 31.2 Å². The van der Waals surface area contributed by atoms with Gasteiger partial charge in [0.1, 0.15) is 5.75 Å². The number of ether oxygens (including phenoxy) is 1. The van der Waals surface area contributed by atoms with E-state index in [9.17, 15) is 14.7 Å². The van der Waals surface area contributed by atoms with E-state index < -0.39 is 11.5 Å². The fraction of sp³-hybridized carbons (Fsp3) is 0.111. The van der Waals surface area contributed by atoms with Crippen LogP contribution in [0.4, 0.5) is 0 Å². The molecule has 9 heteroatoms. The van der Waals surface area contributed by atoms with Crippen LogP contribution in [0.25, 0.3) is 10.9 Å². The van der Waals surface area contributed by atoms with Crippen LogP contribution in [0.3, 0.4) is 0 Å². The lowest BCUT2D eigenvalue weighted by Gasteiger charge is -2.08. The number of phenolic OH excluding ortho intramolecular Hbond substituents is 1. The Bertz CT molecular complexity index is 1130. The number of hydrogen-bond donors (Lipinski definition) is 1. The number of aromatic nitrogens is 2. The van der Waals surface area contributed by atoms with Crippen LogP contribution in [0.15, 0.2) is 46.3 Å². The van der Waals surface area contributed by atoms with Gasteiger partial charge < -0.3 is 9.84 Å². The highest BCUT2D eigenvalue weighted by molar-refractivity contribution is 6.36. The van der Waals surface area contributed by atoms with Crippen LogP contribution < -0.4 is 5.56 Å². The maximum absolute atomic E-state index is 12.8. The van der Waals surface area contributed by atoms with Crippen LogP contribution in [0.1, 0.15) is 23.1 Å². The van der Waals surface area contributed by atoms with E-state index in [4.69, 9.17) is 27.9 Å². The van der Waals surface area contributed by atoms with E-state index in [1.54, 1.807) is 31.2 Å². The van der Waals surface area contributed by atoms with Crippen molar-refractivity contribution >= 4 is 46.3 Å². The van der Waals surface area contributed by atoms with Gasteiger partial charge in [0, 0.05) is 10.6 Å². The fourth-order valence-electron chi connectivity index (χ4n) is 2.36. The molecule has 7 nitrogen and oxygen atoms in total. The predicted octanol–water partition coefficient (Wildman–Crippen LogP) is 3.47. The lowest BCUT2D eigenvalue weighted by atomic mass is 10.2. The standard InChI is InChI=1S/C18H13Cl2N3O4/c1-2-27-18(26)16-22-14-6-4-3-5-12(14)17(25)23(16)21-9-10-7-11(19)8-13(20)15(10)24/h3-9,24H,2H2,1H3/b21-9+. The minimum Gasteiger partial charge on any atom is -0.506 e. The maximum Gasteiger partial charge on any atom is 0.376 e. The quantitative estimate of drug-likeness (QED) is 0.529. The van der Waals surface area contributed by atoms with Gasteiger partial charge in [-0.25, -0.2) is 9.78 Å². The zero-order valence-corrected chi connectivity index (χ0v) is 15.5. The van der Waals surface area contributed by atoms with Crippen molar-refractivity contribution in [1.29, 1.82) is 0 Å². The number of fused-ring (bicyclic) bond motifs is 1. The molecule has 0 aliphatic heterocycles. The Morgan fingerprint density at radius 3 is 2.81 bits per heavy atom. The third-order valence-electron chi connectivity index (χ3n) is 3.58. The van der Waals surface area contributed by atoms with Gasteiger partial charge in [0.05, 0.1) is 28.7 Å². The van der Waals surface area contributed by atoms with Crippen molar-refractivity contribution in [3.05, 3.63) is 68.2 Å². The third-order valence-corrected chi connectivity index (χ3v) is 4.09. The van der Waals surface area contributed by atoms with Gasteiger partial charge in [-0.1, -0.05) is 35.3 Å². The number of rotatable bonds is 4. The number of hydrogen-bond acceptors (Lipinski definition) is 6. The van der Waals surface area contributed by atoms with Crippen LogP contribution in [-0.4, -0.2) is 33.6 Å². The topological polar surface area (TPSA) is 93.8 Å². The molecule has 0 amide bonds. The van der Waals surface area contributed by atoms with E-state index >= 15 is 0 Å². The van der Waals surface area contributed by atoms with E-state index in [-0.39, 0.29) is 39.2 Å². The molecule has 0 unspecified atom stereocenters. The minimum atomic E-state index is -0.800. The summed E-state index contributed by atoms with van der Waals surface area (Å²) in [7, 11) is 0. The highest BCUT2D eigenvalue weighted by atomic mass is 35.5. The molecule has 3 aromatic rings. The van der Waals surface area contributed by atoms with Crippen molar-refractivity contribution in [2.24, 2.45) is 5.10 Å². The number of nitrogens with zero attached hydrogens (tertiary/aromatic N) is 3. The van der Waals surface area contributed by atoms with Gasteiger partial charge in [-0.2, -0.15) is 9.78 Å². The lowest BCUT2D eigenvalue weighted by molar-refractivity contribution is 0.0505. The summed E-state index contributed by atoms with van der Waals surface area (Å²) < 4.78 is 5.77. The van der Waals surface area contributed by atoms with Gasteiger partial charge in [-0.15, -0.1) is 0 Å². The smallest absolute Gasteiger partial charge is 0.376 e. The van der Waals surface area contributed by atoms with Crippen LogP contribution in [0.2, 0.25) is 10.0 Å². The lowest BCUT2D eigenvalue weighted by Crippen LogP contribution is -2.26. The highest BCUT2D eigenvalue weighted by Gasteiger charge is 2.18. The first-order valence-corrected chi connectivity index (χ1v) is 8.59. The summed E-state index contributed by atoms with van der Waals surface area (Å²) >= 11 is 11.8. The molecule has 0 saturated carbocycles. The summed E-state index contributed by atoms with van der Waals surface area (Å²) in [6.07, 6.45) is 1.16. The zero-order valence-electron chi connectivity index (χ0n) is 14.0. The molecule has 1 aromatic heterocycles. The fourth-order valence-corrected chi connectivity index (χ4v) is 2.87. The SMILES string of the molecule is CCOC(=O)c1nc2ccccc2c(=O)n1/N=C/c1cc(Cl)cc(Cl)c1O. The Labute approximate surface area is 163 Å². The molecule has 0 aliphatic rings. The highest BCUT2D eigenvalue weighted by Crippen LogP contribution is 2.30. The summed E-state index contributed by atoms with van der Waals surface area (Å²) in [4.78, 5) is 29.2. The second kappa shape index (κ2) is 7.77. The van der Waals surface area contributed by atoms with E-state index in [1.807, 2.05) is 0 Å². The van der Waals surface area contributed by atoms with Crippen molar-refractivity contribution in [1.82, 2.24) is 9.66 Å². The second-order valence-electron chi connectivity index (χ2n) is 5.36. The number of para-hydroxylation sites is 1. The summed E-state index contributed by atoms with van der Waals surface area (Å²) in [5, 5.41) is 14.6. The number of esters is 1. The first-order valence-electron chi connectivity index (χ1n) is 7.83. The Kier molecular flexibility index (Phi) is 5.43. The van der Waals surface area contributed by atoms with Crippen molar-refractivity contribution in [3.8, 4) is 5.75 Å². The summed E-state index contributed by atoms with van der Waals surface area (Å²) in [6.45, 7) is 1.74. The molecule has 0 saturated heterocycles. The predicted molar refractivity (Wildman–Crippen MR) is 103 cm³/mol. The van der Waals surface area contributed by atoms with Gasteiger partial charge in [0.2, 0.25) is 5.82 Å². The van der Waals surface area contributed by atoms with Crippen LogP contribution >= 0.6 is 23.2 Å². The first-order chi connectivity index (χ1) is 12.9. The number of benzene rings is 2. The molecule has 0 fully saturated rings. The molecule has 2 aromatic carbocycles. The van der Waals surface area contributed by atoms with Gasteiger partial charge >= 0.3 is 5.97 Å². The van der Waals surface area contributed by atoms with E-state index in [0.29, 0.717) is 5.52 Å². The Morgan fingerprint density at radius 1 is 1.33 bits per heavy atom. The molecule has 27 heavy (non-hydrogen) atoms. The van der Waals surface area contributed by atoms with Crippen LogP contribution in [0, 0.1) is 0 Å². The number of halogens is 2. The van der Waals surface area contributed by atoms with E-state index in [2.05, 4.69) is 10.1 Å². The average molecular weight is 406 g/mol. The summed E-state index contributed by atoms with van der Waals surface area (Å²) in [5.74, 6) is -1.35. The second-order valence-corrected chi connectivity index (χ2v) is 6.20. The van der Waals surface area contributed by atoms with Crippen molar-refractivity contribution in [2.45, 2.75) is 6.92 Å². The molecule has 0 radical (unpaired) electrons. The molecule has 0 spiro atoms. The Hall–Kier alpha value is -2.90. The van der Waals surface area contributed by atoms with Gasteiger partial charge in [0.15, 0.2) is 0 Å². The Morgan fingerprint density at radius 2 is 2.07 bits per heavy atom. The monoisotopic (exact) mass is 405 g/mol. The summed E-state index contributed by atoms with van der Waals surface area (Å²) in [5.41, 5.74) is -0.0551. The summed E-state index contributed by atoms with van der Waals surface area (Å²) in [6, 6.07) is 9.32. The molecule has 0 bridgehead atoms. The van der Waals surface area contributed by atoms with E-state index in [0.717, 1.165) is 10.9 Å². The van der Waals surface area contributed by atoms with Crippen molar-refractivity contribution in [3.63, 3.8) is 0 Å². The molecular formula is C18H13Cl2N3O4. The number of aromatic hydroxyl groups is 1. The normalized spacial score (nSPS) is 11.2. The van der Waals surface area contributed by atoms with Gasteiger partial charge in [-0.3, -0.25) is 4.79 Å². The molecule has 0 atom stereocenters. The number of phenols is 1. The molecule has 138 valence electrons. The molecular weight excluding hydrogens is 393 g/mol.